The fourth-order valence-electron chi connectivity index (χ4n) is 3.09. The van der Waals surface area contributed by atoms with Gasteiger partial charge in [0.25, 0.3) is 0 Å². The lowest BCUT2D eigenvalue weighted by atomic mass is 10.2. The molecule has 5 rings (SSSR count). The quantitative estimate of drug-likeness (QED) is 0.490. The number of rotatable bonds is 2. The maximum Gasteiger partial charge on any atom is 0.164 e. The summed E-state index contributed by atoms with van der Waals surface area (Å²) in [6.45, 7) is 0. The van der Waals surface area contributed by atoms with E-state index in [1.807, 2.05) is 60.7 Å². The molecule has 0 unspecified atom stereocenters. The Labute approximate surface area is 143 Å². The summed E-state index contributed by atoms with van der Waals surface area (Å²) in [4.78, 5) is 17.5. The molecule has 0 radical (unpaired) electrons. The van der Waals surface area contributed by atoms with Crippen LogP contribution in [0, 0.1) is 0 Å². The first kappa shape index (κ1) is 13.9. The van der Waals surface area contributed by atoms with Gasteiger partial charge in [0.2, 0.25) is 0 Å². The largest absolute Gasteiger partial charge is 0.496 e. The van der Waals surface area contributed by atoms with Gasteiger partial charge in [0.05, 0.1) is 45.8 Å². The number of nitrogens with one attached hydrogen (secondary N) is 1. The van der Waals surface area contributed by atoms with Gasteiger partial charge in [-0.1, -0.05) is 24.3 Å². The SMILES string of the molecule is COc1ccccc1-c1nc2cc3nc4ccccc4[nH]c3cc2n1. The summed E-state index contributed by atoms with van der Waals surface area (Å²) in [5.74, 6) is 1.42. The maximum atomic E-state index is 5.43. The van der Waals surface area contributed by atoms with Gasteiger partial charge in [-0.2, -0.15) is 0 Å². The number of ether oxygens (including phenoxy) is 1. The van der Waals surface area contributed by atoms with Crippen molar-refractivity contribution in [2.24, 2.45) is 0 Å². The van der Waals surface area contributed by atoms with Crippen LogP contribution < -0.4 is 4.74 Å². The van der Waals surface area contributed by atoms with E-state index in [4.69, 9.17) is 9.72 Å². The second-order valence-corrected chi connectivity index (χ2v) is 5.86. The Kier molecular flexibility index (Phi) is 2.94. The van der Waals surface area contributed by atoms with E-state index in [0.717, 1.165) is 44.4 Å². The van der Waals surface area contributed by atoms with Crippen LogP contribution in [0.25, 0.3) is 44.5 Å². The predicted molar refractivity (Wildman–Crippen MR) is 98.7 cm³/mol. The lowest BCUT2D eigenvalue weighted by molar-refractivity contribution is 0.416. The Morgan fingerprint density at radius 1 is 0.720 bits per heavy atom. The van der Waals surface area contributed by atoms with E-state index in [1.165, 1.54) is 0 Å². The van der Waals surface area contributed by atoms with E-state index in [9.17, 15) is 0 Å². The van der Waals surface area contributed by atoms with Crippen molar-refractivity contribution in [2.75, 3.05) is 7.11 Å². The molecule has 120 valence electrons. The van der Waals surface area contributed by atoms with Gasteiger partial charge in [0.1, 0.15) is 5.75 Å². The standard InChI is InChI=1S/C20H14N4O/c1-25-19-9-5-2-6-12(19)20-23-17-10-15-16(11-18(17)24-20)22-14-8-4-3-7-13(14)21-15/h2-11,21H,1H3. The van der Waals surface area contributed by atoms with Gasteiger partial charge in [0.15, 0.2) is 5.82 Å². The summed E-state index contributed by atoms with van der Waals surface area (Å²) in [7, 11) is 1.65. The molecule has 5 aromatic rings. The van der Waals surface area contributed by atoms with Crippen molar-refractivity contribution >= 4 is 33.1 Å². The second kappa shape index (κ2) is 5.27. The van der Waals surface area contributed by atoms with E-state index < -0.39 is 0 Å². The highest BCUT2D eigenvalue weighted by atomic mass is 16.5. The third-order valence-electron chi connectivity index (χ3n) is 4.31. The van der Waals surface area contributed by atoms with E-state index in [1.54, 1.807) is 7.11 Å². The Morgan fingerprint density at radius 2 is 1.48 bits per heavy atom. The van der Waals surface area contributed by atoms with E-state index >= 15 is 0 Å². The zero-order valence-corrected chi connectivity index (χ0v) is 13.5. The molecule has 5 heteroatoms. The normalized spacial score (nSPS) is 11.4. The number of hydrogen-bond donors (Lipinski definition) is 1. The highest BCUT2D eigenvalue weighted by Gasteiger charge is 2.12. The minimum atomic E-state index is 0.660. The third kappa shape index (κ3) is 2.21. The molecule has 0 bridgehead atoms. The fraction of sp³-hybridized carbons (Fsp3) is 0.0500. The van der Waals surface area contributed by atoms with Crippen molar-refractivity contribution in [1.29, 1.82) is 0 Å². The smallest absolute Gasteiger partial charge is 0.164 e. The van der Waals surface area contributed by atoms with Crippen LogP contribution in [0.2, 0.25) is 0 Å². The van der Waals surface area contributed by atoms with E-state index in [-0.39, 0.29) is 0 Å². The number of imidazole rings is 1. The van der Waals surface area contributed by atoms with Crippen LogP contribution in [0.3, 0.4) is 0 Å². The van der Waals surface area contributed by atoms with E-state index in [2.05, 4.69) is 15.0 Å². The zero-order valence-electron chi connectivity index (χ0n) is 13.5. The molecule has 0 saturated carbocycles. The van der Waals surface area contributed by atoms with Gasteiger partial charge in [-0.3, -0.25) is 0 Å². The van der Waals surface area contributed by atoms with Crippen LogP contribution in [0.1, 0.15) is 0 Å². The lowest BCUT2D eigenvalue weighted by Gasteiger charge is -2.03. The molecule has 0 aliphatic carbocycles. The van der Waals surface area contributed by atoms with Crippen molar-refractivity contribution in [3.05, 3.63) is 60.7 Å². The van der Waals surface area contributed by atoms with Crippen LogP contribution in [-0.2, 0) is 0 Å². The van der Waals surface area contributed by atoms with Crippen molar-refractivity contribution in [3.8, 4) is 17.1 Å². The molecular formula is C20H14N4O. The molecule has 3 aromatic carbocycles. The number of aromatic amines is 1. The molecule has 5 nitrogen and oxygen atoms in total. The third-order valence-corrected chi connectivity index (χ3v) is 4.31. The number of methoxy groups -OCH3 is 1. The van der Waals surface area contributed by atoms with Crippen LogP contribution >= 0.6 is 0 Å². The number of hydrogen-bond acceptors (Lipinski definition) is 4. The number of benzene rings is 3. The minimum absolute atomic E-state index is 0.660. The van der Waals surface area contributed by atoms with E-state index in [0.29, 0.717) is 5.82 Å². The van der Waals surface area contributed by atoms with Crippen molar-refractivity contribution < 1.29 is 4.74 Å². The Hall–Kier alpha value is -3.47. The molecule has 0 spiro atoms. The van der Waals surface area contributed by atoms with Gasteiger partial charge in [-0.05, 0) is 36.4 Å². The molecule has 0 aliphatic rings. The van der Waals surface area contributed by atoms with Gasteiger partial charge >= 0.3 is 0 Å². The topological polar surface area (TPSA) is 63.7 Å². The molecule has 2 aromatic heterocycles. The molecule has 0 fully saturated rings. The maximum absolute atomic E-state index is 5.43. The fourth-order valence-corrected chi connectivity index (χ4v) is 3.09. The Morgan fingerprint density at radius 3 is 2.36 bits per heavy atom. The average molecular weight is 326 g/mol. The van der Waals surface area contributed by atoms with Crippen molar-refractivity contribution in [1.82, 2.24) is 19.9 Å². The molecule has 25 heavy (non-hydrogen) atoms. The molecule has 0 aliphatic heterocycles. The van der Waals surface area contributed by atoms with Crippen LogP contribution in [-0.4, -0.2) is 27.0 Å². The first-order chi connectivity index (χ1) is 12.3. The van der Waals surface area contributed by atoms with Crippen LogP contribution in [0.4, 0.5) is 0 Å². The van der Waals surface area contributed by atoms with Gasteiger partial charge in [-0.25, -0.2) is 15.0 Å². The predicted octanol–water partition coefficient (Wildman–Crippen LogP) is 4.33. The second-order valence-electron chi connectivity index (χ2n) is 5.86. The average Bonchev–Trinajstić information content (AvgIpc) is 3.06. The number of nitrogens with zero attached hydrogens (tertiary/aromatic N) is 3. The summed E-state index contributed by atoms with van der Waals surface area (Å²) in [5.41, 5.74) is 6.28. The molecule has 1 N–H and O–H groups in total. The summed E-state index contributed by atoms with van der Waals surface area (Å²) in [6, 6.07) is 19.7. The minimum Gasteiger partial charge on any atom is -0.496 e. The summed E-state index contributed by atoms with van der Waals surface area (Å²) in [5, 5.41) is 0. The molecule has 0 atom stereocenters. The summed E-state index contributed by atoms with van der Waals surface area (Å²) < 4.78 is 5.43. The van der Waals surface area contributed by atoms with Gasteiger partial charge < -0.3 is 9.72 Å². The first-order valence-electron chi connectivity index (χ1n) is 8.01. The molecule has 0 amide bonds. The van der Waals surface area contributed by atoms with Crippen LogP contribution in [0.5, 0.6) is 5.75 Å². The van der Waals surface area contributed by atoms with Crippen molar-refractivity contribution in [3.63, 3.8) is 0 Å². The van der Waals surface area contributed by atoms with Crippen molar-refractivity contribution in [2.45, 2.75) is 0 Å². The van der Waals surface area contributed by atoms with Gasteiger partial charge in [-0.15, -0.1) is 0 Å². The Balaban J connectivity index is 1.76. The lowest BCUT2D eigenvalue weighted by Crippen LogP contribution is -1.88. The zero-order chi connectivity index (χ0) is 16.8. The monoisotopic (exact) mass is 326 g/mol. The molecule has 0 saturated heterocycles. The van der Waals surface area contributed by atoms with Crippen LogP contribution in [0.15, 0.2) is 60.7 Å². The summed E-state index contributed by atoms with van der Waals surface area (Å²) in [6.07, 6.45) is 0. The molecular weight excluding hydrogens is 312 g/mol. The molecule has 2 heterocycles. The number of fused-ring (bicyclic) bond motifs is 3. The highest BCUT2D eigenvalue weighted by Crippen LogP contribution is 2.30. The number of aromatic nitrogens is 4. The summed E-state index contributed by atoms with van der Waals surface area (Å²) >= 11 is 0. The number of H-pyrrole nitrogens is 1. The first-order valence-corrected chi connectivity index (χ1v) is 8.01. The van der Waals surface area contributed by atoms with Gasteiger partial charge in [0, 0.05) is 0 Å². The Bertz CT molecular complexity index is 1170. The highest BCUT2D eigenvalue weighted by molar-refractivity contribution is 5.95. The number of para-hydroxylation sites is 3.